The number of nitro benzene ring substituents is 1. The zero-order valence-corrected chi connectivity index (χ0v) is 19.6. The van der Waals surface area contributed by atoms with Crippen molar-refractivity contribution in [3.05, 3.63) is 71.1 Å². The van der Waals surface area contributed by atoms with Crippen molar-refractivity contribution in [1.82, 2.24) is 9.66 Å². The molecule has 0 aliphatic rings. The van der Waals surface area contributed by atoms with E-state index >= 15 is 0 Å². The monoisotopic (exact) mass is 536 g/mol. The van der Waals surface area contributed by atoms with Crippen molar-refractivity contribution in [2.75, 3.05) is 0 Å². The van der Waals surface area contributed by atoms with Gasteiger partial charge in [0.25, 0.3) is 5.56 Å². The van der Waals surface area contributed by atoms with Crippen LogP contribution in [0.5, 0.6) is 5.75 Å². The van der Waals surface area contributed by atoms with Crippen LogP contribution in [0.3, 0.4) is 0 Å². The van der Waals surface area contributed by atoms with Gasteiger partial charge in [0.2, 0.25) is 5.75 Å². The Morgan fingerprint density at radius 3 is 2.67 bits per heavy atom. The average molecular weight is 538 g/mol. The molecular formula is C20H18Br2N4O4. The van der Waals surface area contributed by atoms with Crippen LogP contribution >= 0.6 is 31.9 Å². The zero-order valence-electron chi connectivity index (χ0n) is 16.4. The van der Waals surface area contributed by atoms with Crippen molar-refractivity contribution in [3.8, 4) is 5.75 Å². The zero-order chi connectivity index (χ0) is 22.0. The highest BCUT2D eigenvalue weighted by molar-refractivity contribution is 9.10. The van der Waals surface area contributed by atoms with Crippen LogP contribution in [0, 0.1) is 10.1 Å². The van der Waals surface area contributed by atoms with E-state index in [1.54, 1.807) is 32.0 Å². The number of nitrogens with zero attached hydrogens (tertiary/aromatic N) is 4. The van der Waals surface area contributed by atoms with Gasteiger partial charge in [0.05, 0.1) is 32.6 Å². The van der Waals surface area contributed by atoms with E-state index < -0.39 is 4.92 Å². The third kappa shape index (κ3) is 4.59. The number of rotatable bonds is 6. The molecule has 0 fully saturated rings. The first kappa shape index (κ1) is 22.1. The SMILES string of the molecule is CCc1nc2ccc(Br)cc2c(=O)n1N=Cc1cc(Br)c(OC(C)C)c([N+](=O)[O-])c1. The second-order valence-corrected chi connectivity index (χ2v) is 8.45. The van der Waals surface area contributed by atoms with Crippen LogP contribution in [0.15, 0.2) is 49.2 Å². The molecule has 156 valence electrons. The van der Waals surface area contributed by atoms with Crippen LogP contribution in [0.2, 0.25) is 0 Å². The van der Waals surface area contributed by atoms with Gasteiger partial charge in [-0.05, 0) is 54.0 Å². The van der Waals surface area contributed by atoms with E-state index in [0.29, 0.717) is 33.2 Å². The first-order chi connectivity index (χ1) is 14.2. The Morgan fingerprint density at radius 1 is 1.30 bits per heavy atom. The number of fused-ring (bicyclic) bond motifs is 1. The molecular weight excluding hydrogens is 520 g/mol. The maximum absolute atomic E-state index is 13.0. The van der Waals surface area contributed by atoms with Crippen LogP contribution in [-0.4, -0.2) is 26.9 Å². The molecule has 0 unspecified atom stereocenters. The summed E-state index contributed by atoms with van der Waals surface area (Å²) in [6, 6.07) is 8.28. The third-order valence-corrected chi connectivity index (χ3v) is 5.19. The second kappa shape index (κ2) is 9.05. The maximum Gasteiger partial charge on any atom is 0.312 e. The Labute approximate surface area is 189 Å². The number of aromatic nitrogens is 2. The molecule has 1 aromatic heterocycles. The highest BCUT2D eigenvalue weighted by Crippen LogP contribution is 2.36. The standard InChI is InChI=1S/C20H18Br2N4O4/c1-4-18-24-16-6-5-13(21)9-14(16)20(27)25(18)23-10-12-7-15(22)19(30-11(2)3)17(8-12)26(28)29/h5-11H,4H2,1-3H3. The minimum Gasteiger partial charge on any atom is -0.483 e. The average Bonchev–Trinajstić information content (AvgIpc) is 2.68. The Hall–Kier alpha value is -2.59. The lowest BCUT2D eigenvalue weighted by Gasteiger charge is -2.12. The Morgan fingerprint density at radius 2 is 2.03 bits per heavy atom. The van der Waals surface area contributed by atoms with Crippen LogP contribution in [0.25, 0.3) is 10.9 Å². The van der Waals surface area contributed by atoms with Gasteiger partial charge in [0.1, 0.15) is 5.82 Å². The Balaban J connectivity index is 2.11. The molecule has 3 rings (SSSR count). The fourth-order valence-corrected chi connectivity index (χ4v) is 3.75. The summed E-state index contributed by atoms with van der Waals surface area (Å²) in [7, 11) is 0. The third-order valence-electron chi connectivity index (χ3n) is 4.11. The second-order valence-electron chi connectivity index (χ2n) is 6.68. The summed E-state index contributed by atoms with van der Waals surface area (Å²) in [5.41, 5.74) is 0.513. The highest BCUT2D eigenvalue weighted by atomic mass is 79.9. The van der Waals surface area contributed by atoms with E-state index in [-0.39, 0.29) is 23.1 Å². The topological polar surface area (TPSA) is 99.6 Å². The fourth-order valence-electron chi connectivity index (χ4n) is 2.83. The number of aryl methyl sites for hydroxylation is 1. The Bertz CT molecular complexity index is 1220. The summed E-state index contributed by atoms with van der Waals surface area (Å²) in [5, 5.41) is 16.2. The summed E-state index contributed by atoms with van der Waals surface area (Å²) in [6.45, 7) is 5.45. The molecule has 0 N–H and O–H groups in total. The first-order valence-electron chi connectivity index (χ1n) is 9.11. The lowest BCUT2D eigenvalue weighted by atomic mass is 10.2. The molecule has 8 nitrogen and oxygen atoms in total. The van der Waals surface area contributed by atoms with E-state index in [2.05, 4.69) is 41.9 Å². The van der Waals surface area contributed by atoms with Gasteiger partial charge < -0.3 is 4.74 Å². The quantitative estimate of drug-likeness (QED) is 0.248. The Kier molecular flexibility index (Phi) is 6.67. The van der Waals surface area contributed by atoms with Gasteiger partial charge in [-0.2, -0.15) is 9.78 Å². The molecule has 0 saturated heterocycles. The van der Waals surface area contributed by atoms with Gasteiger partial charge in [-0.15, -0.1) is 0 Å². The summed E-state index contributed by atoms with van der Waals surface area (Å²) >= 11 is 6.69. The number of hydrogen-bond acceptors (Lipinski definition) is 6. The van der Waals surface area contributed by atoms with Crippen LogP contribution in [0.1, 0.15) is 32.2 Å². The van der Waals surface area contributed by atoms with Gasteiger partial charge in [0, 0.05) is 22.5 Å². The number of nitro groups is 1. The molecule has 0 radical (unpaired) electrons. The summed E-state index contributed by atoms with van der Waals surface area (Å²) in [4.78, 5) is 28.4. The van der Waals surface area contributed by atoms with Crippen molar-refractivity contribution in [2.24, 2.45) is 5.10 Å². The fraction of sp³-hybridized carbons (Fsp3) is 0.250. The molecule has 3 aromatic rings. The van der Waals surface area contributed by atoms with E-state index in [9.17, 15) is 14.9 Å². The molecule has 10 heteroatoms. The molecule has 1 heterocycles. The van der Waals surface area contributed by atoms with Crippen LogP contribution < -0.4 is 10.3 Å². The molecule has 0 spiro atoms. The minimum atomic E-state index is -0.515. The number of halogens is 2. The normalized spacial score (nSPS) is 11.5. The van der Waals surface area contributed by atoms with Crippen molar-refractivity contribution in [3.63, 3.8) is 0 Å². The van der Waals surface area contributed by atoms with Crippen molar-refractivity contribution < 1.29 is 9.66 Å². The summed E-state index contributed by atoms with van der Waals surface area (Å²) in [5.74, 6) is 0.634. The molecule has 0 bridgehead atoms. The van der Waals surface area contributed by atoms with Gasteiger partial charge in [-0.1, -0.05) is 22.9 Å². The van der Waals surface area contributed by atoms with Crippen molar-refractivity contribution in [2.45, 2.75) is 33.3 Å². The van der Waals surface area contributed by atoms with Gasteiger partial charge in [0.15, 0.2) is 0 Å². The summed E-state index contributed by atoms with van der Waals surface area (Å²) in [6.07, 6.45) is 1.65. The van der Waals surface area contributed by atoms with E-state index in [1.807, 2.05) is 13.0 Å². The number of hydrogen-bond donors (Lipinski definition) is 0. The smallest absolute Gasteiger partial charge is 0.312 e. The molecule has 0 aliphatic carbocycles. The lowest BCUT2D eigenvalue weighted by Crippen LogP contribution is -2.22. The summed E-state index contributed by atoms with van der Waals surface area (Å²) < 4.78 is 7.97. The predicted octanol–water partition coefficient (Wildman–Crippen LogP) is 5.06. The van der Waals surface area contributed by atoms with Gasteiger partial charge in [-0.25, -0.2) is 4.98 Å². The molecule has 30 heavy (non-hydrogen) atoms. The van der Waals surface area contributed by atoms with E-state index in [4.69, 9.17) is 4.74 Å². The molecule has 2 aromatic carbocycles. The van der Waals surface area contributed by atoms with Crippen LogP contribution in [0.4, 0.5) is 5.69 Å². The highest BCUT2D eigenvalue weighted by Gasteiger charge is 2.21. The molecule has 0 atom stereocenters. The first-order valence-corrected chi connectivity index (χ1v) is 10.7. The molecule has 0 aliphatic heterocycles. The van der Waals surface area contributed by atoms with Crippen LogP contribution in [-0.2, 0) is 6.42 Å². The van der Waals surface area contributed by atoms with Crippen molar-refractivity contribution in [1.29, 1.82) is 0 Å². The van der Waals surface area contributed by atoms with E-state index in [0.717, 1.165) is 4.47 Å². The maximum atomic E-state index is 13.0. The van der Waals surface area contributed by atoms with Gasteiger partial charge in [-0.3, -0.25) is 14.9 Å². The van der Waals surface area contributed by atoms with E-state index in [1.165, 1.54) is 17.0 Å². The lowest BCUT2D eigenvalue weighted by molar-refractivity contribution is -0.386. The van der Waals surface area contributed by atoms with Crippen molar-refractivity contribution >= 4 is 54.7 Å². The molecule has 0 saturated carbocycles. The van der Waals surface area contributed by atoms with Gasteiger partial charge >= 0.3 is 5.69 Å². The largest absolute Gasteiger partial charge is 0.483 e. The number of benzene rings is 2. The number of ether oxygens (including phenoxy) is 1. The molecule has 0 amide bonds. The minimum absolute atomic E-state index is 0.149. The predicted molar refractivity (Wildman–Crippen MR) is 123 cm³/mol.